The lowest BCUT2D eigenvalue weighted by Crippen LogP contribution is -2.30. The average Bonchev–Trinajstić information content (AvgIpc) is 2.98. The minimum absolute atomic E-state index is 0.769. The molecule has 5 atom stereocenters. The van der Waals surface area contributed by atoms with Crippen molar-refractivity contribution in [1.82, 2.24) is 0 Å². The minimum atomic E-state index is 0.769. The lowest BCUT2D eigenvalue weighted by atomic mass is 9.67. The van der Waals surface area contributed by atoms with E-state index < -0.39 is 0 Å². The Kier molecular flexibility index (Phi) is 2.40. The van der Waals surface area contributed by atoms with Crippen LogP contribution in [0.25, 0.3) is 0 Å². The molecular weight excluding hydrogens is 204 g/mol. The second-order valence-corrected chi connectivity index (χ2v) is 7.96. The first-order chi connectivity index (χ1) is 8.27. The number of hydrogen-bond donors (Lipinski definition) is 0. The summed E-state index contributed by atoms with van der Waals surface area (Å²) in [7, 11) is 0. The molecule has 4 aliphatic rings. The molecule has 0 N–H and O–H groups in total. The molecule has 4 fully saturated rings. The molecule has 0 aromatic rings. The molecule has 96 valence electrons. The van der Waals surface area contributed by atoms with E-state index >= 15 is 0 Å². The van der Waals surface area contributed by atoms with Gasteiger partial charge in [-0.15, -0.1) is 0 Å². The molecule has 0 aromatic heterocycles. The van der Waals surface area contributed by atoms with Gasteiger partial charge in [-0.2, -0.15) is 0 Å². The highest BCUT2D eigenvalue weighted by atomic mass is 14.6. The van der Waals surface area contributed by atoms with Gasteiger partial charge in [0.05, 0.1) is 0 Å². The topological polar surface area (TPSA) is 0 Å². The molecule has 4 aliphatic carbocycles. The summed E-state index contributed by atoms with van der Waals surface area (Å²) in [6.45, 7) is 2.69. The van der Waals surface area contributed by atoms with E-state index in [2.05, 4.69) is 6.92 Å². The summed E-state index contributed by atoms with van der Waals surface area (Å²) in [5, 5.41) is 0. The second-order valence-electron chi connectivity index (χ2n) is 7.96. The van der Waals surface area contributed by atoms with Crippen molar-refractivity contribution < 1.29 is 0 Å². The Balaban J connectivity index is 1.54. The summed E-state index contributed by atoms with van der Waals surface area (Å²) in [6, 6.07) is 0. The molecule has 0 radical (unpaired) electrons. The van der Waals surface area contributed by atoms with Crippen LogP contribution in [0.3, 0.4) is 0 Å². The Morgan fingerprint density at radius 3 is 2.18 bits per heavy atom. The van der Waals surface area contributed by atoms with E-state index in [9.17, 15) is 0 Å². The van der Waals surface area contributed by atoms with Crippen LogP contribution in [0.4, 0.5) is 0 Å². The highest BCUT2D eigenvalue weighted by Gasteiger charge is 2.54. The van der Waals surface area contributed by atoms with Gasteiger partial charge in [-0.3, -0.25) is 0 Å². The quantitative estimate of drug-likeness (QED) is 0.595. The Morgan fingerprint density at radius 1 is 0.765 bits per heavy atom. The van der Waals surface area contributed by atoms with Gasteiger partial charge in [-0.1, -0.05) is 39.0 Å². The number of hydrogen-bond acceptors (Lipinski definition) is 0. The summed E-state index contributed by atoms with van der Waals surface area (Å²) < 4.78 is 0. The monoisotopic (exact) mass is 232 g/mol. The third-order valence-electron chi connectivity index (χ3n) is 7.48. The van der Waals surface area contributed by atoms with Gasteiger partial charge in [-0.05, 0) is 67.1 Å². The summed E-state index contributed by atoms with van der Waals surface area (Å²) in [5.74, 6) is 5.69. The van der Waals surface area contributed by atoms with Gasteiger partial charge < -0.3 is 0 Å². The van der Waals surface area contributed by atoms with Crippen molar-refractivity contribution in [3.05, 3.63) is 0 Å². The van der Waals surface area contributed by atoms with Crippen LogP contribution in [0.2, 0.25) is 0 Å². The molecule has 0 aromatic carbocycles. The van der Waals surface area contributed by atoms with Crippen LogP contribution in [0.1, 0.15) is 71.1 Å². The van der Waals surface area contributed by atoms with Crippen LogP contribution in [-0.4, -0.2) is 0 Å². The lowest BCUT2D eigenvalue weighted by Gasteiger charge is -2.38. The van der Waals surface area contributed by atoms with Crippen LogP contribution in [0, 0.1) is 35.0 Å². The van der Waals surface area contributed by atoms with E-state index in [1.54, 1.807) is 64.2 Å². The Labute approximate surface area is 107 Å². The molecule has 0 spiro atoms. The molecule has 4 rings (SSSR count). The summed E-state index contributed by atoms with van der Waals surface area (Å²) in [5.41, 5.74) is 0.769. The van der Waals surface area contributed by atoms with Crippen molar-refractivity contribution in [3.8, 4) is 0 Å². The highest BCUT2D eigenvalue weighted by molar-refractivity contribution is 5.03. The molecule has 4 saturated carbocycles. The lowest BCUT2D eigenvalue weighted by molar-refractivity contribution is 0.110. The molecule has 17 heavy (non-hydrogen) atoms. The standard InChI is InChI=1S/C17H28/c1-17(9-8-12-4-3-7-16(12)17)15-10-13-5-2-6-14(13)11-15/h12-16H,2-11H2,1H3. The third kappa shape index (κ3) is 1.48. The smallest absolute Gasteiger partial charge is 0.0266 e. The first kappa shape index (κ1) is 10.9. The molecule has 0 heteroatoms. The molecule has 5 unspecified atom stereocenters. The average molecular weight is 232 g/mol. The van der Waals surface area contributed by atoms with E-state index in [-0.39, 0.29) is 0 Å². The predicted octanol–water partition coefficient (Wildman–Crippen LogP) is 5.03. The maximum Gasteiger partial charge on any atom is -0.0266 e. The molecule has 0 nitrogen and oxygen atoms in total. The zero-order chi connectivity index (χ0) is 11.5. The van der Waals surface area contributed by atoms with Crippen LogP contribution < -0.4 is 0 Å². The Hall–Kier alpha value is 0. The maximum atomic E-state index is 2.69. The zero-order valence-electron chi connectivity index (χ0n) is 11.5. The van der Waals surface area contributed by atoms with E-state index in [4.69, 9.17) is 0 Å². The molecule has 0 bridgehead atoms. The molecule has 0 heterocycles. The fraction of sp³-hybridized carbons (Fsp3) is 1.00. The van der Waals surface area contributed by atoms with Crippen molar-refractivity contribution in [3.63, 3.8) is 0 Å². The number of rotatable bonds is 1. The van der Waals surface area contributed by atoms with Crippen LogP contribution in [0.15, 0.2) is 0 Å². The van der Waals surface area contributed by atoms with Crippen molar-refractivity contribution in [2.24, 2.45) is 35.0 Å². The van der Waals surface area contributed by atoms with Gasteiger partial charge in [0.2, 0.25) is 0 Å². The van der Waals surface area contributed by atoms with Crippen molar-refractivity contribution in [2.75, 3.05) is 0 Å². The van der Waals surface area contributed by atoms with Gasteiger partial charge in [-0.25, -0.2) is 0 Å². The normalized spacial score (nSPS) is 57.4. The van der Waals surface area contributed by atoms with E-state index in [0.717, 1.165) is 35.0 Å². The summed E-state index contributed by atoms with van der Waals surface area (Å²) in [6.07, 6.45) is 15.8. The van der Waals surface area contributed by atoms with Crippen molar-refractivity contribution in [1.29, 1.82) is 0 Å². The molecular formula is C17H28. The van der Waals surface area contributed by atoms with E-state index in [0.29, 0.717) is 0 Å². The van der Waals surface area contributed by atoms with Gasteiger partial charge in [0.15, 0.2) is 0 Å². The van der Waals surface area contributed by atoms with Gasteiger partial charge in [0.1, 0.15) is 0 Å². The summed E-state index contributed by atoms with van der Waals surface area (Å²) in [4.78, 5) is 0. The Bertz CT molecular complexity index is 295. The number of fused-ring (bicyclic) bond motifs is 2. The van der Waals surface area contributed by atoms with Crippen molar-refractivity contribution >= 4 is 0 Å². The highest BCUT2D eigenvalue weighted by Crippen LogP contribution is 2.63. The van der Waals surface area contributed by atoms with E-state index in [1.165, 1.54) is 0 Å². The fourth-order valence-electron chi connectivity index (χ4n) is 6.54. The largest absolute Gasteiger partial charge is 0.0591 e. The Morgan fingerprint density at radius 2 is 1.41 bits per heavy atom. The van der Waals surface area contributed by atoms with Gasteiger partial charge >= 0.3 is 0 Å². The molecule has 0 amide bonds. The first-order valence-corrected chi connectivity index (χ1v) is 8.27. The fourth-order valence-corrected chi connectivity index (χ4v) is 6.54. The van der Waals surface area contributed by atoms with Gasteiger partial charge in [0, 0.05) is 0 Å². The van der Waals surface area contributed by atoms with E-state index in [1.807, 2.05) is 0 Å². The zero-order valence-corrected chi connectivity index (χ0v) is 11.5. The maximum absolute atomic E-state index is 2.69. The predicted molar refractivity (Wildman–Crippen MR) is 71.7 cm³/mol. The second kappa shape index (κ2) is 3.75. The first-order valence-electron chi connectivity index (χ1n) is 8.27. The van der Waals surface area contributed by atoms with Crippen LogP contribution in [-0.2, 0) is 0 Å². The van der Waals surface area contributed by atoms with Crippen LogP contribution >= 0.6 is 0 Å². The summed E-state index contributed by atoms with van der Waals surface area (Å²) >= 11 is 0. The third-order valence-corrected chi connectivity index (χ3v) is 7.48. The molecule has 0 aliphatic heterocycles. The molecule has 0 saturated heterocycles. The minimum Gasteiger partial charge on any atom is -0.0591 e. The van der Waals surface area contributed by atoms with Gasteiger partial charge in [0.25, 0.3) is 0 Å². The van der Waals surface area contributed by atoms with Crippen molar-refractivity contribution in [2.45, 2.75) is 71.1 Å². The van der Waals surface area contributed by atoms with Crippen LogP contribution in [0.5, 0.6) is 0 Å². The SMILES string of the molecule is CC1(C2CC3CCCC3C2)CCC2CCCC21.